The lowest BCUT2D eigenvalue weighted by Crippen LogP contribution is -2.50. The monoisotopic (exact) mass is 446 g/mol. The van der Waals surface area contributed by atoms with Crippen LogP contribution >= 0.6 is 0 Å². The second kappa shape index (κ2) is 8.67. The van der Waals surface area contributed by atoms with Crippen LogP contribution in [0.15, 0.2) is 41.6 Å². The Morgan fingerprint density at radius 2 is 1.77 bits per heavy atom. The molecule has 4 rings (SSSR count). The molecule has 0 aliphatic carbocycles. The van der Waals surface area contributed by atoms with E-state index in [0.717, 1.165) is 36.4 Å². The van der Waals surface area contributed by atoms with Crippen molar-refractivity contribution >= 4 is 27.7 Å². The Morgan fingerprint density at radius 3 is 2.45 bits per heavy atom. The lowest BCUT2D eigenvalue weighted by Gasteiger charge is -2.36. The molecule has 1 fully saturated rings. The Labute approximate surface area is 182 Å². The summed E-state index contributed by atoms with van der Waals surface area (Å²) < 4.78 is 32.3. The summed E-state index contributed by atoms with van der Waals surface area (Å²) in [4.78, 5) is 27.2. The molecule has 3 heterocycles. The molecular weight excluding hydrogens is 420 g/mol. The maximum Gasteiger partial charge on any atom is 0.338 e. The quantitative estimate of drug-likeness (QED) is 0.654. The minimum absolute atomic E-state index is 0.0884. The van der Waals surface area contributed by atoms with Crippen LogP contribution in [0.5, 0.6) is 5.75 Å². The van der Waals surface area contributed by atoms with E-state index in [4.69, 9.17) is 4.74 Å². The number of anilines is 2. The molecule has 10 nitrogen and oxygen atoms in total. The maximum atomic E-state index is 13.1. The van der Waals surface area contributed by atoms with E-state index in [2.05, 4.69) is 19.8 Å². The van der Waals surface area contributed by atoms with Crippen molar-refractivity contribution in [3.05, 3.63) is 36.7 Å². The standard InChI is InChI=1S/C20H26N6O4S/c1-23-17-6-5-16(30-2)15-18(17)31(28,29)26(20(23)27)10-4-9-24-11-13-25(14-12-24)19-21-7-3-8-22-19/h3,5-8,15H,4,9-14H2,1-2H3. The Kier molecular flexibility index (Phi) is 5.96. The number of methoxy groups -OCH3 is 1. The Bertz CT molecular complexity index is 1040. The first-order valence-electron chi connectivity index (χ1n) is 10.1. The van der Waals surface area contributed by atoms with E-state index >= 15 is 0 Å². The lowest BCUT2D eigenvalue weighted by atomic mass is 10.2. The van der Waals surface area contributed by atoms with E-state index in [1.54, 1.807) is 37.6 Å². The number of urea groups is 1. The minimum Gasteiger partial charge on any atom is -0.497 e. The molecule has 31 heavy (non-hydrogen) atoms. The van der Waals surface area contributed by atoms with Crippen molar-refractivity contribution in [3.63, 3.8) is 0 Å². The molecule has 0 atom stereocenters. The summed E-state index contributed by atoms with van der Waals surface area (Å²) in [7, 11) is -0.863. The molecule has 0 saturated carbocycles. The largest absolute Gasteiger partial charge is 0.497 e. The fourth-order valence-corrected chi connectivity index (χ4v) is 5.55. The molecule has 2 aliphatic heterocycles. The van der Waals surface area contributed by atoms with Crippen molar-refractivity contribution in [1.82, 2.24) is 19.2 Å². The first-order valence-corrected chi connectivity index (χ1v) is 11.6. The Morgan fingerprint density at radius 1 is 1.06 bits per heavy atom. The van der Waals surface area contributed by atoms with Gasteiger partial charge in [-0.05, 0) is 24.6 Å². The van der Waals surface area contributed by atoms with Crippen molar-refractivity contribution in [2.75, 3.05) is 63.2 Å². The number of hydrogen-bond acceptors (Lipinski definition) is 8. The van der Waals surface area contributed by atoms with Gasteiger partial charge in [0.1, 0.15) is 10.6 Å². The number of carbonyl (C=O) groups excluding carboxylic acids is 1. The molecule has 11 heteroatoms. The van der Waals surface area contributed by atoms with Gasteiger partial charge in [0.25, 0.3) is 10.0 Å². The number of rotatable bonds is 6. The van der Waals surface area contributed by atoms with E-state index in [1.165, 1.54) is 18.1 Å². The third kappa shape index (κ3) is 4.15. The summed E-state index contributed by atoms with van der Waals surface area (Å²) in [6.45, 7) is 4.11. The topological polar surface area (TPSA) is 99.2 Å². The van der Waals surface area contributed by atoms with Crippen molar-refractivity contribution in [2.45, 2.75) is 11.3 Å². The van der Waals surface area contributed by atoms with Crippen LogP contribution in [0, 0.1) is 0 Å². The zero-order valence-corrected chi connectivity index (χ0v) is 18.5. The summed E-state index contributed by atoms with van der Waals surface area (Å²) in [5.41, 5.74) is 0.362. The van der Waals surface area contributed by atoms with Crippen molar-refractivity contribution < 1.29 is 17.9 Å². The third-order valence-corrected chi connectivity index (χ3v) is 7.44. The first kappa shape index (κ1) is 21.3. The van der Waals surface area contributed by atoms with Crippen molar-refractivity contribution in [3.8, 4) is 5.75 Å². The van der Waals surface area contributed by atoms with Gasteiger partial charge in [0.15, 0.2) is 0 Å². The highest BCUT2D eigenvalue weighted by Crippen LogP contribution is 2.36. The molecule has 166 valence electrons. The zero-order chi connectivity index (χ0) is 22.0. The first-order chi connectivity index (χ1) is 14.9. The van der Waals surface area contributed by atoms with Gasteiger partial charge < -0.3 is 9.64 Å². The third-order valence-electron chi connectivity index (χ3n) is 5.64. The number of amides is 2. The molecule has 1 saturated heterocycles. The number of aromatic nitrogens is 2. The predicted octanol–water partition coefficient (Wildman–Crippen LogP) is 1.26. The SMILES string of the molecule is COc1ccc2c(c1)S(=O)(=O)N(CCCN1CCN(c3ncccn3)CC1)C(=O)N2C. The molecule has 2 aliphatic rings. The highest BCUT2D eigenvalue weighted by Gasteiger charge is 2.40. The average molecular weight is 447 g/mol. The van der Waals surface area contributed by atoms with Crippen LogP contribution < -0.4 is 14.5 Å². The van der Waals surface area contributed by atoms with Gasteiger partial charge in [-0.15, -0.1) is 0 Å². The van der Waals surface area contributed by atoms with Gasteiger partial charge in [-0.3, -0.25) is 9.80 Å². The van der Waals surface area contributed by atoms with Gasteiger partial charge in [0.05, 0.1) is 12.8 Å². The van der Waals surface area contributed by atoms with Gasteiger partial charge in [-0.25, -0.2) is 27.5 Å². The molecule has 1 aromatic carbocycles. The summed E-state index contributed by atoms with van der Waals surface area (Å²) in [6.07, 6.45) is 4.02. The molecule has 0 spiro atoms. The molecular formula is C20H26N6O4S. The number of piperazine rings is 1. The molecule has 0 bridgehead atoms. The average Bonchev–Trinajstić information content (AvgIpc) is 2.80. The van der Waals surface area contributed by atoms with E-state index in [9.17, 15) is 13.2 Å². The second-order valence-electron chi connectivity index (χ2n) is 7.48. The molecule has 0 unspecified atom stereocenters. The normalized spacial score (nSPS) is 18.8. The number of ether oxygens (including phenoxy) is 1. The minimum atomic E-state index is -3.93. The van der Waals surface area contributed by atoms with E-state index in [0.29, 0.717) is 24.4 Å². The molecule has 0 radical (unpaired) electrons. The van der Waals surface area contributed by atoms with Crippen LogP contribution in [0.3, 0.4) is 0 Å². The van der Waals surface area contributed by atoms with Crippen LogP contribution in [-0.4, -0.2) is 87.0 Å². The van der Waals surface area contributed by atoms with Crippen molar-refractivity contribution in [2.24, 2.45) is 0 Å². The van der Waals surface area contributed by atoms with Gasteiger partial charge in [0.2, 0.25) is 5.95 Å². The second-order valence-corrected chi connectivity index (χ2v) is 9.31. The van der Waals surface area contributed by atoms with Crippen LogP contribution in [-0.2, 0) is 10.0 Å². The molecule has 0 N–H and O–H groups in total. The number of nitrogens with zero attached hydrogens (tertiary/aromatic N) is 6. The summed E-state index contributed by atoms with van der Waals surface area (Å²) >= 11 is 0. The molecule has 2 aromatic rings. The Hall–Kier alpha value is -2.92. The van der Waals surface area contributed by atoms with Crippen molar-refractivity contribution in [1.29, 1.82) is 0 Å². The summed E-state index contributed by atoms with van der Waals surface area (Å²) in [5.74, 6) is 1.16. The van der Waals surface area contributed by atoms with E-state index in [1.807, 2.05) is 0 Å². The smallest absolute Gasteiger partial charge is 0.338 e. The zero-order valence-electron chi connectivity index (χ0n) is 17.6. The predicted molar refractivity (Wildman–Crippen MR) is 116 cm³/mol. The summed E-state index contributed by atoms with van der Waals surface area (Å²) in [5, 5.41) is 0. The van der Waals surface area contributed by atoms with Crippen LogP contribution in [0.4, 0.5) is 16.4 Å². The van der Waals surface area contributed by atoms with Gasteiger partial charge >= 0.3 is 6.03 Å². The van der Waals surface area contributed by atoms with Gasteiger partial charge in [-0.2, -0.15) is 0 Å². The number of carbonyl (C=O) groups is 1. The lowest BCUT2D eigenvalue weighted by molar-refractivity contribution is 0.221. The van der Waals surface area contributed by atoms with Crippen LogP contribution in [0.2, 0.25) is 0 Å². The molecule has 2 amide bonds. The van der Waals surface area contributed by atoms with Crippen LogP contribution in [0.1, 0.15) is 6.42 Å². The van der Waals surface area contributed by atoms with Gasteiger partial charge in [-0.1, -0.05) is 0 Å². The fraction of sp³-hybridized carbons (Fsp3) is 0.450. The maximum absolute atomic E-state index is 13.1. The number of hydrogen-bond donors (Lipinski definition) is 0. The number of benzene rings is 1. The van der Waals surface area contributed by atoms with Gasteiger partial charge in [0, 0.05) is 64.8 Å². The highest BCUT2D eigenvalue weighted by atomic mass is 32.2. The van der Waals surface area contributed by atoms with E-state index in [-0.39, 0.29) is 11.4 Å². The van der Waals surface area contributed by atoms with E-state index < -0.39 is 16.1 Å². The highest BCUT2D eigenvalue weighted by molar-refractivity contribution is 7.90. The Balaban J connectivity index is 1.37. The fourth-order valence-electron chi connectivity index (χ4n) is 3.88. The molecule has 1 aromatic heterocycles. The van der Waals surface area contributed by atoms with Crippen LogP contribution in [0.25, 0.3) is 0 Å². The number of sulfonamides is 1. The number of fused-ring (bicyclic) bond motifs is 1. The summed E-state index contributed by atoms with van der Waals surface area (Å²) in [6, 6.07) is 5.96.